The summed E-state index contributed by atoms with van der Waals surface area (Å²) in [6, 6.07) is 0. The van der Waals surface area contributed by atoms with Crippen LogP contribution in [0, 0.1) is 0 Å². The van der Waals surface area contributed by atoms with Crippen LogP contribution in [0.4, 0.5) is 5.82 Å². The van der Waals surface area contributed by atoms with E-state index in [4.69, 9.17) is 16.1 Å². The summed E-state index contributed by atoms with van der Waals surface area (Å²) in [5.41, 5.74) is 5.08. The Bertz CT molecular complexity index is 362. The van der Waals surface area contributed by atoms with E-state index in [9.17, 15) is 4.79 Å². The van der Waals surface area contributed by atoms with Crippen LogP contribution < -0.4 is 11.3 Å². The van der Waals surface area contributed by atoms with Crippen molar-refractivity contribution in [1.29, 1.82) is 0 Å². The van der Waals surface area contributed by atoms with Crippen LogP contribution in [-0.4, -0.2) is 38.8 Å². The van der Waals surface area contributed by atoms with Crippen molar-refractivity contribution in [3.63, 3.8) is 0 Å². The molecule has 0 atom stereocenters. The molecule has 0 bridgehead atoms. The maximum Gasteiger partial charge on any atom is 0.325 e. The van der Waals surface area contributed by atoms with Gasteiger partial charge in [0.05, 0.1) is 11.9 Å². The van der Waals surface area contributed by atoms with Gasteiger partial charge in [0.1, 0.15) is 0 Å². The first-order chi connectivity index (χ1) is 7.00. The number of nitrogens with two attached hydrogens (primary N) is 1. The van der Waals surface area contributed by atoms with Gasteiger partial charge in [-0.3, -0.25) is 4.79 Å². The fourth-order valence-corrected chi connectivity index (χ4v) is 1.16. The molecule has 7 heteroatoms. The normalized spacial score (nSPS) is 10.9. The molecule has 0 aliphatic rings. The highest BCUT2D eigenvalue weighted by molar-refractivity contribution is 5.24. The zero-order chi connectivity index (χ0) is 11.4. The summed E-state index contributed by atoms with van der Waals surface area (Å²) >= 11 is 0. The van der Waals surface area contributed by atoms with Gasteiger partial charge < -0.3 is 16.1 Å². The number of rotatable bonds is 4. The largest absolute Gasteiger partial charge is 0.425 e. The summed E-state index contributed by atoms with van der Waals surface area (Å²) in [4.78, 5) is 14.8. The summed E-state index contributed by atoms with van der Waals surface area (Å²) in [7, 11) is 1.54. The second kappa shape index (κ2) is 4.76. The quantitative estimate of drug-likeness (QED) is 0.453. The standard InChI is InChI=1S/C8H14N4O3/c1-11(14)4-2-3-6-5-12(15)8(13)7(9)10-6/h5,14-15H,2-4H2,1H3,(H2,9,10). The molecule has 1 heterocycles. The number of aromatic nitrogens is 2. The van der Waals surface area contributed by atoms with Gasteiger partial charge in [0.2, 0.25) is 0 Å². The van der Waals surface area contributed by atoms with E-state index in [1.807, 2.05) is 0 Å². The summed E-state index contributed by atoms with van der Waals surface area (Å²) in [6.45, 7) is 0.478. The van der Waals surface area contributed by atoms with Crippen molar-refractivity contribution in [2.75, 3.05) is 19.3 Å². The molecule has 0 aliphatic carbocycles. The van der Waals surface area contributed by atoms with E-state index >= 15 is 0 Å². The highest BCUT2D eigenvalue weighted by atomic mass is 16.5. The van der Waals surface area contributed by atoms with Crippen molar-refractivity contribution < 1.29 is 10.4 Å². The number of nitrogens with zero attached hydrogens (tertiary/aromatic N) is 3. The predicted molar refractivity (Wildman–Crippen MR) is 52.8 cm³/mol. The van der Waals surface area contributed by atoms with Gasteiger partial charge in [0, 0.05) is 13.6 Å². The summed E-state index contributed by atoms with van der Waals surface area (Å²) in [5, 5.41) is 19.0. The summed E-state index contributed by atoms with van der Waals surface area (Å²) in [6.07, 6.45) is 2.39. The van der Waals surface area contributed by atoms with Crippen molar-refractivity contribution in [2.24, 2.45) is 0 Å². The Kier molecular flexibility index (Phi) is 3.64. The lowest BCUT2D eigenvalue weighted by Gasteiger charge is -2.07. The summed E-state index contributed by atoms with van der Waals surface area (Å²) < 4.78 is 0.417. The molecule has 0 unspecified atom stereocenters. The van der Waals surface area contributed by atoms with Crippen molar-refractivity contribution in [1.82, 2.24) is 14.8 Å². The van der Waals surface area contributed by atoms with E-state index in [1.165, 1.54) is 13.2 Å². The van der Waals surface area contributed by atoms with Crippen LogP contribution >= 0.6 is 0 Å². The van der Waals surface area contributed by atoms with Gasteiger partial charge in [0.15, 0.2) is 5.82 Å². The number of hydrogen-bond donors (Lipinski definition) is 3. The van der Waals surface area contributed by atoms with Crippen LogP contribution in [0.3, 0.4) is 0 Å². The molecule has 0 aliphatic heterocycles. The lowest BCUT2D eigenvalue weighted by atomic mass is 10.2. The van der Waals surface area contributed by atoms with Crippen LogP contribution in [0.15, 0.2) is 11.0 Å². The van der Waals surface area contributed by atoms with Crippen molar-refractivity contribution in [3.8, 4) is 0 Å². The molecule has 1 aromatic rings. The minimum Gasteiger partial charge on any atom is -0.425 e. The number of hydrogen-bond acceptors (Lipinski definition) is 6. The minimum atomic E-state index is -0.724. The van der Waals surface area contributed by atoms with Gasteiger partial charge in [0.25, 0.3) is 0 Å². The number of hydroxylamine groups is 2. The molecule has 0 saturated heterocycles. The van der Waals surface area contributed by atoms with E-state index in [-0.39, 0.29) is 5.82 Å². The molecule has 0 amide bonds. The van der Waals surface area contributed by atoms with Crippen LogP contribution in [0.2, 0.25) is 0 Å². The molecule has 84 valence electrons. The number of nitrogen functional groups attached to an aromatic ring is 1. The molecule has 0 saturated carbocycles. The first kappa shape index (κ1) is 11.5. The first-order valence-electron chi connectivity index (χ1n) is 4.48. The van der Waals surface area contributed by atoms with E-state index in [2.05, 4.69) is 4.98 Å². The van der Waals surface area contributed by atoms with Gasteiger partial charge in [-0.15, -0.1) is 0 Å². The van der Waals surface area contributed by atoms with E-state index < -0.39 is 5.56 Å². The van der Waals surface area contributed by atoms with Gasteiger partial charge in [-0.2, -0.15) is 9.79 Å². The molecule has 0 radical (unpaired) electrons. The first-order valence-corrected chi connectivity index (χ1v) is 4.48. The lowest BCUT2D eigenvalue weighted by Crippen LogP contribution is -2.23. The third-order valence-electron chi connectivity index (χ3n) is 1.88. The molecule has 4 N–H and O–H groups in total. The van der Waals surface area contributed by atoms with Gasteiger partial charge >= 0.3 is 5.56 Å². The fourth-order valence-electron chi connectivity index (χ4n) is 1.16. The van der Waals surface area contributed by atoms with Crippen molar-refractivity contribution in [3.05, 3.63) is 22.2 Å². The number of anilines is 1. The fraction of sp³-hybridized carbons (Fsp3) is 0.500. The van der Waals surface area contributed by atoms with Gasteiger partial charge in [-0.05, 0) is 12.8 Å². The molecule has 0 fully saturated rings. The zero-order valence-electron chi connectivity index (χ0n) is 8.42. The maximum atomic E-state index is 11.0. The van der Waals surface area contributed by atoms with Crippen LogP contribution in [-0.2, 0) is 6.42 Å². The Hall–Kier alpha value is -1.60. The smallest absolute Gasteiger partial charge is 0.325 e. The van der Waals surface area contributed by atoms with Crippen molar-refractivity contribution >= 4 is 5.82 Å². The van der Waals surface area contributed by atoms with Gasteiger partial charge in [-0.1, -0.05) is 0 Å². The Morgan fingerprint density at radius 1 is 1.67 bits per heavy atom. The molecule has 1 rings (SSSR count). The molecule has 15 heavy (non-hydrogen) atoms. The monoisotopic (exact) mass is 214 g/mol. The van der Waals surface area contributed by atoms with Crippen LogP contribution in [0.25, 0.3) is 0 Å². The third-order valence-corrected chi connectivity index (χ3v) is 1.88. The zero-order valence-corrected chi connectivity index (χ0v) is 8.42. The molecule has 0 aromatic carbocycles. The van der Waals surface area contributed by atoms with E-state index in [1.54, 1.807) is 0 Å². The van der Waals surface area contributed by atoms with Gasteiger partial charge in [-0.25, -0.2) is 4.98 Å². The highest BCUT2D eigenvalue weighted by Crippen LogP contribution is 1.99. The molecular weight excluding hydrogens is 200 g/mol. The minimum absolute atomic E-state index is 0.229. The van der Waals surface area contributed by atoms with E-state index in [0.29, 0.717) is 29.8 Å². The average molecular weight is 214 g/mol. The highest BCUT2D eigenvalue weighted by Gasteiger charge is 2.04. The van der Waals surface area contributed by atoms with E-state index in [0.717, 1.165) is 5.06 Å². The topological polar surface area (TPSA) is 105 Å². The predicted octanol–water partition coefficient (Wildman–Crippen LogP) is -0.684. The Morgan fingerprint density at radius 2 is 2.33 bits per heavy atom. The maximum absolute atomic E-state index is 11.0. The second-order valence-electron chi connectivity index (χ2n) is 3.25. The van der Waals surface area contributed by atoms with Crippen molar-refractivity contribution in [2.45, 2.75) is 12.8 Å². The molecular formula is C8H14N4O3. The van der Waals surface area contributed by atoms with Crippen LogP contribution in [0.1, 0.15) is 12.1 Å². The molecule has 0 spiro atoms. The third kappa shape index (κ3) is 3.22. The molecule has 7 nitrogen and oxygen atoms in total. The number of aryl methyl sites for hydroxylation is 1. The Balaban J connectivity index is 2.67. The second-order valence-corrected chi connectivity index (χ2v) is 3.25. The Labute approximate surface area is 86.3 Å². The van der Waals surface area contributed by atoms with Crippen LogP contribution in [0.5, 0.6) is 0 Å². The average Bonchev–Trinajstić information content (AvgIpc) is 2.13. The Morgan fingerprint density at radius 3 is 2.87 bits per heavy atom. The SMILES string of the molecule is CN(O)CCCc1cn(O)c(=O)c(N)n1. The molecule has 1 aromatic heterocycles. The summed E-state index contributed by atoms with van der Waals surface area (Å²) in [5.74, 6) is -0.229. The lowest BCUT2D eigenvalue weighted by molar-refractivity contribution is -0.0651.